The Morgan fingerprint density at radius 1 is 1.32 bits per heavy atom. The average molecular weight is 271 g/mol. The molecule has 0 fully saturated rings. The fraction of sp³-hybridized carbons (Fsp3) is 0.643. The van der Waals surface area contributed by atoms with Gasteiger partial charge in [-0.2, -0.15) is 0 Å². The van der Waals surface area contributed by atoms with Gasteiger partial charge in [-0.05, 0) is 25.5 Å². The largest absolute Gasteiger partial charge is 0.354 e. The van der Waals surface area contributed by atoms with Crippen LogP contribution in [0.25, 0.3) is 0 Å². The molecule has 0 amide bonds. The zero-order valence-electron chi connectivity index (χ0n) is 12.3. The molecule has 1 N–H and O–H groups in total. The van der Waals surface area contributed by atoms with E-state index in [1.807, 2.05) is 19.9 Å². The summed E-state index contributed by atoms with van der Waals surface area (Å²) in [6.07, 6.45) is -2.36. The van der Waals surface area contributed by atoms with Crippen LogP contribution in [-0.2, 0) is 6.54 Å². The van der Waals surface area contributed by atoms with Gasteiger partial charge >= 0.3 is 0 Å². The van der Waals surface area contributed by atoms with Gasteiger partial charge in [-0.1, -0.05) is 13.8 Å². The van der Waals surface area contributed by atoms with Crippen LogP contribution in [0.4, 0.5) is 14.6 Å². The third-order valence-electron chi connectivity index (χ3n) is 2.91. The van der Waals surface area contributed by atoms with Gasteiger partial charge < -0.3 is 10.2 Å². The number of nitrogens with one attached hydrogen (secondary N) is 1. The number of aryl methyl sites for hydroxylation is 2. The normalized spacial score (nSPS) is 11.4. The van der Waals surface area contributed by atoms with Crippen LogP contribution in [0, 0.1) is 13.8 Å². The molecule has 0 saturated heterocycles. The molecular weight excluding hydrogens is 248 g/mol. The predicted molar refractivity (Wildman–Crippen MR) is 75.0 cm³/mol. The van der Waals surface area contributed by atoms with Crippen LogP contribution in [0.5, 0.6) is 0 Å². The van der Waals surface area contributed by atoms with Gasteiger partial charge in [0.05, 0.1) is 6.54 Å². The highest BCUT2D eigenvalue weighted by Crippen LogP contribution is 2.22. The Bertz CT molecular complexity index is 419. The van der Waals surface area contributed by atoms with Gasteiger partial charge in [0.25, 0.3) is 6.43 Å². The molecule has 1 aromatic rings. The van der Waals surface area contributed by atoms with E-state index in [0.717, 1.165) is 16.8 Å². The SMILES string of the molecule is Cc1cc(C)c(CNC(C)C)c(N(C)CC(F)F)n1. The van der Waals surface area contributed by atoms with Crippen LogP contribution >= 0.6 is 0 Å². The first-order valence-corrected chi connectivity index (χ1v) is 6.51. The molecule has 0 radical (unpaired) electrons. The second kappa shape index (κ2) is 6.80. The van der Waals surface area contributed by atoms with E-state index in [9.17, 15) is 8.78 Å². The van der Waals surface area contributed by atoms with E-state index in [0.29, 0.717) is 18.4 Å². The van der Waals surface area contributed by atoms with E-state index in [4.69, 9.17) is 0 Å². The number of aromatic nitrogens is 1. The molecule has 0 aliphatic carbocycles. The second-order valence-corrected chi connectivity index (χ2v) is 5.19. The van der Waals surface area contributed by atoms with Crippen LogP contribution in [0.2, 0.25) is 0 Å². The van der Waals surface area contributed by atoms with Crippen LogP contribution < -0.4 is 10.2 Å². The van der Waals surface area contributed by atoms with Crippen LogP contribution in [-0.4, -0.2) is 31.0 Å². The molecule has 5 heteroatoms. The molecule has 1 heterocycles. The Hall–Kier alpha value is -1.23. The van der Waals surface area contributed by atoms with Gasteiger partial charge in [0.1, 0.15) is 5.82 Å². The highest BCUT2D eigenvalue weighted by molar-refractivity contribution is 5.51. The zero-order chi connectivity index (χ0) is 14.6. The molecule has 1 aromatic heterocycles. The van der Waals surface area contributed by atoms with Crippen LogP contribution in [0.3, 0.4) is 0 Å². The van der Waals surface area contributed by atoms with Crippen molar-refractivity contribution in [1.82, 2.24) is 10.3 Å². The van der Waals surface area contributed by atoms with E-state index in [2.05, 4.69) is 24.1 Å². The number of hydrogen-bond donors (Lipinski definition) is 1. The fourth-order valence-corrected chi connectivity index (χ4v) is 1.98. The molecule has 19 heavy (non-hydrogen) atoms. The van der Waals surface area contributed by atoms with Crippen molar-refractivity contribution >= 4 is 5.82 Å². The molecule has 108 valence electrons. The smallest absolute Gasteiger partial charge is 0.255 e. The lowest BCUT2D eigenvalue weighted by molar-refractivity contribution is 0.156. The molecule has 0 aromatic carbocycles. The van der Waals surface area contributed by atoms with Gasteiger partial charge in [0.2, 0.25) is 0 Å². The van der Waals surface area contributed by atoms with Crippen LogP contribution in [0.15, 0.2) is 6.07 Å². The third-order valence-corrected chi connectivity index (χ3v) is 2.91. The summed E-state index contributed by atoms with van der Waals surface area (Å²) < 4.78 is 25.1. The van der Waals surface area contributed by atoms with Gasteiger partial charge in [0.15, 0.2) is 0 Å². The van der Waals surface area contributed by atoms with Crippen molar-refractivity contribution in [3.63, 3.8) is 0 Å². The van der Waals surface area contributed by atoms with Crippen molar-refractivity contribution in [3.05, 3.63) is 22.9 Å². The van der Waals surface area contributed by atoms with Crippen molar-refractivity contribution in [1.29, 1.82) is 0 Å². The summed E-state index contributed by atoms with van der Waals surface area (Å²) in [5.74, 6) is 0.644. The van der Waals surface area contributed by atoms with E-state index in [1.54, 1.807) is 7.05 Å². The number of anilines is 1. The van der Waals surface area contributed by atoms with Crippen molar-refractivity contribution in [2.45, 2.75) is 46.7 Å². The monoisotopic (exact) mass is 271 g/mol. The molecule has 0 aliphatic heterocycles. The quantitative estimate of drug-likeness (QED) is 0.862. The molecule has 0 unspecified atom stereocenters. The number of halogens is 2. The highest BCUT2D eigenvalue weighted by Gasteiger charge is 2.16. The third kappa shape index (κ3) is 4.74. The molecule has 0 bridgehead atoms. The van der Waals surface area contributed by atoms with Crippen molar-refractivity contribution in [3.8, 4) is 0 Å². The summed E-state index contributed by atoms with van der Waals surface area (Å²) in [4.78, 5) is 5.95. The number of pyridine rings is 1. The second-order valence-electron chi connectivity index (χ2n) is 5.19. The van der Waals surface area contributed by atoms with Gasteiger partial charge in [0, 0.05) is 30.9 Å². The Labute approximate surface area is 114 Å². The van der Waals surface area contributed by atoms with Gasteiger partial charge in [-0.15, -0.1) is 0 Å². The van der Waals surface area contributed by atoms with Crippen molar-refractivity contribution in [2.24, 2.45) is 0 Å². The van der Waals surface area contributed by atoms with E-state index >= 15 is 0 Å². The van der Waals surface area contributed by atoms with Gasteiger partial charge in [-0.25, -0.2) is 13.8 Å². The van der Waals surface area contributed by atoms with Crippen molar-refractivity contribution < 1.29 is 8.78 Å². The summed E-state index contributed by atoms with van der Waals surface area (Å²) in [5, 5.41) is 3.32. The molecular formula is C14H23F2N3. The summed E-state index contributed by atoms with van der Waals surface area (Å²) in [6.45, 7) is 8.32. The maximum Gasteiger partial charge on any atom is 0.255 e. The van der Waals surface area contributed by atoms with E-state index in [-0.39, 0.29) is 6.54 Å². The Kier molecular flexibility index (Phi) is 5.66. The first kappa shape index (κ1) is 15.8. The highest BCUT2D eigenvalue weighted by atomic mass is 19.3. The standard InChI is InChI=1S/C14H23F2N3/c1-9(2)17-7-12-10(3)6-11(4)18-14(12)19(5)8-13(15)16/h6,9,13,17H,7-8H2,1-5H3. The topological polar surface area (TPSA) is 28.2 Å². The molecule has 0 atom stereocenters. The number of rotatable bonds is 6. The molecule has 1 rings (SSSR count). The van der Waals surface area contributed by atoms with Gasteiger partial charge in [-0.3, -0.25) is 0 Å². The Balaban J connectivity index is 3.05. The molecule has 0 saturated carbocycles. The predicted octanol–water partition coefficient (Wildman–Crippen LogP) is 2.90. The summed E-state index contributed by atoms with van der Waals surface area (Å²) in [5.41, 5.74) is 2.92. The fourth-order valence-electron chi connectivity index (χ4n) is 1.98. The molecule has 0 aliphatic rings. The number of hydrogen-bond acceptors (Lipinski definition) is 3. The zero-order valence-corrected chi connectivity index (χ0v) is 12.3. The Morgan fingerprint density at radius 2 is 1.95 bits per heavy atom. The first-order valence-electron chi connectivity index (χ1n) is 6.51. The summed E-state index contributed by atoms with van der Waals surface area (Å²) in [7, 11) is 1.66. The van der Waals surface area contributed by atoms with Crippen LogP contribution in [0.1, 0.15) is 30.7 Å². The summed E-state index contributed by atoms with van der Waals surface area (Å²) in [6, 6.07) is 2.32. The van der Waals surface area contributed by atoms with E-state index in [1.165, 1.54) is 4.90 Å². The minimum Gasteiger partial charge on any atom is -0.354 e. The number of alkyl halides is 2. The maximum absolute atomic E-state index is 12.5. The lowest BCUT2D eigenvalue weighted by Gasteiger charge is -2.23. The number of nitrogens with zero attached hydrogens (tertiary/aromatic N) is 2. The van der Waals surface area contributed by atoms with Crippen molar-refractivity contribution in [2.75, 3.05) is 18.5 Å². The van der Waals surface area contributed by atoms with E-state index < -0.39 is 6.43 Å². The minimum absolute atomic E-state index is 0.301. The lowest BCUT2D eigenvalue weighted by Crippen LogP contribution is -2.29. The average Bonchev–Trinajstić information content (AvgIpc) is 2.25. The maximum atomic E-state index is 12.5. The lowest BCUT2D eigenvalue weighted by atomic mass is 10.1. The Morgan fingerprint density at radius 3 is 2.47 bits per heavy atom. The first-order chi connectivity index (χ1) is 8.81. The minimum atomic E-state index is -2.36. The summed E-state index contributed by atoms with van der Waals surface area (Å²) >= 11 is 0. The molecule has 3 nitrogen and oxygen atoms in total. The molecule has 0 spiro atoms.